The van der Waals surface area contributed by atoms with Crippen molar-refractivity contribution in [1.82, 2.24) is 14.3 Å². The molecule has 8 nitrogen and oxygen atoms in total. The molecule has 0 aliphatic carbocycles. The van der Waals surface area contributed by atoms with Crippen LogP contribution < -0.4 is 14.8 Å². The van der Waals surface area contributed by atoms with Crippen LogP contribution in [0.3, 0.4) is 0 Å². The van der Waals surface area contributed by atoms with Crippen LogP contribution in [-0.4, -0.2) is 55.3 Å². The first-order valence-electron chi connectivity index (χ1n) is 10.2. The number of methoxy groups -OCH3 is 1. The van der Waals surface area contributed by atoms with Crippen molar-refractivity contribution in [3.63, 3.8) is 0 Å². The van der Waals surface area contributed by atoms with Gasteiger partial charge in [0.1, 0.15) is 18.2 Å². The number of ether oxygens (including phenoxy) is 2. The van der Waals surface area contributed by atoms with Crippen LogP contribution in [0, 0.1) is 12.3 Å². The lowest BCUT2D eigenvalue weighted by molar-refractivity contribution is 0.131. The molecule has 0 bridgehead atoms. The van der Waals surface area contributed by atoms with Crippen LogP contribution in [0.1, 0.15) is 18.4 Å². The van der Waals surface area contributed by atoms with Crippen molar-refractivity contribution < 1.29 is 17.9 Å². The van der Waals surface area contributed by atoms with Gasteiger partial charge in [0.05, 0.1) is 18.9 Å². The summed E-state index contributed by atoms with van der Waals surface area (Å²) in [7, 11) is -1.61. The molecule has 1 fully saturated rings. The van der Waals surface area contributed by atoms with Gasteiger partial charge in [0.25, 0.3) is 0 Å². The summed E-state index contributed by atoms with van der Waals surface area (Å²) in [6.07, 6.45) is 9.30. The molecule has 1 saturated heterocycles. The summed E-state index contributed by atoms with van der Waals surface area (Å²) in [6.45, 7) is 0.863. The maximum Gasteiger partial charge on any atom is 0.211 e. The van der Waals surface area contributed by atoms with Crippen LogP contribution in [0.4, 0.5) is 11.5 Å². The van der Waals surface area contributed by atoms with Crippen molar-refractivity contribution in [1.29, 1.82) is 0 Å². The molecule has 2 aromatic carbocycles. The number of anilines is 2. The zero-order valence-corrected chi connectivity index (χ0v) is 18.7. The molecule has 0 atom stereocenters. The molecule has 1 N–H and O–H groups in total. The number of aromatic nitrogens is 2. The highest BCUT2D eigenvalue weighted by atomic mass is 32.2. The predicted octanol–water partition coefficient (Wildman–Crippen LogP) is 3.17. The Bertz CT molecular complexity index is 1280. The van der Waals surface area contributed by atoms with Crippen LogP contribution in [0.25, 0.3) is 10.9 Å². The smallest absolute Gasteiger partial charge is 0.211 e. The van der Waals surface area contributed by atoms with Crippen molar-refractivity contribution in [3.05, 3.63) is 48.3 Å². The molecule has 0 spiro atoms. The van der Waals surface area contributed by atoms with Crippen molar-refractivity contribution in [2.45, 2.75) is 18.9 Å². The van der Waals surface area contributed by atoms with Crippen LogP contribution in [-0.2, 0) is 10.0 Å². The summed E-state index contributed by atoms with van der Waals surface area (Å²) in [5.74, 6) is 4.36. The predicted molar refractivity (Wildman–Crippen MR) is 124 cm³/mol. The van der Waals surface area contributed by atoms with E-state index in [0.29, 0.717) is 48.8 Å². The summed E-state index contributed by atoms with van der Waals surface area (Å²) in [5.41, 5.74) is 2.28. The number of terminal acetylenes is 1. The molecule has 0 radical (unpaired) electrons. The zero-order valence-electron chi connectivity index (χ0n) is 17.9. The minimum absolute atomic E-state index is 0.118. The molecule has 4 rings (SSSR count). The SMILES string of the molecule is C#Cc1cccc(Nc2ncnc3cc(OC)c(OC4CCN(S(C)(=O)=O)CC4)cc23)c1. The second kappa shape index (κ2) is 9.02. The Morgan fingerprint density at radius 3 is 2.62 bits per heavy atom. The van der Waals surface area contributed by atoms with Gasteiger partial charge in [-0.25, -0.2) is 22.7 Å². The molecule has 166 valence electrons. The number of fused-ring (bicyclic) bond motifs is 1. The van der Waals surface area contributed by atoms with Gasteiger partial charge in [-0.3, -0.25) is 0 Å². The maximum absolute atomic E-state index is 11.8. The van der Waals surface area contributed by atoms with Gasteiger partial charge in [-0.15, -0.1) is 6.42 Å². The Labute approximate surface area is 187 Å². The first-order valence-corrected chi connectivity index (χ1v) is 12.0. The lowest BCUT2D eigenvalue weighted by Crippen LogP contribution is -2.41. The molecule has 0 amide bonds. The van der Waals surface area contributed by atoms with E-state index in [1.54, 1.807) is 13.2 Å². The fourth-order valence-corrected chi connectivity index (χ4v) is 4.57. The summed E-state index contributed by atoms with van der Waals surface area (Å²) in [5, 5.41) is 4.06. The van der Waals surface area contributed by atoms with E-state index in [1.165, 1.54) is 16.9 Å². The van der Waals surface area contributed by atoms with E-state index in [2.05, 4.69) is 21.2 Å². The Hall–Kier alpha value is -3.35. The quantitative estimate of drug-likeness (QED) is 0.574. The second-order valence-corrected chi connectivity index (χ2v) is 9.55. The molecule has 1 aromatic heterocycles. The van der Waals surface area contributed by atoms with Gasteiger partial charge >= 0.3 is 0 Å². The number of sulfonamides is 1. The Kier molecular flexibility index (Phi) is 6.17. The monoisotopic (exact) mass is 452 g/mol. The third kappa shape index (κ3) is 4.77. The number of benzene rings is 2. The maximum atomic E-state index is 11.8. The second-order valence-electron chi connectivity index (χ2n) is 7.57. The van der Waals surface area contributed by atoms with Crippen molar-refractivity contribution >= 4 is 32.4 Å². The molecular weight excluding hydrogens is 428 g/mol. The fourth-order valence-electron chi connectivity index (χ4n) is 3.70. The number of hydrogen-bond donors (Lipinski definition) is 1. The Morgan fingerprint density at radius 2 is 1.94 bits per heavy atom. The van der Waals surface area contributed by atoms with Gasteiger partial charge in [-0.05, 0) is 37.1 Å². The molecule has 0 saturated carbocycles. The summed E-state index contributed by atoms with van der Waals surface area (Å²) < 4.78 is 36.8. The van der Waals surface area contributed by atoms with Crippen LogP contribution in [0.2, 0.25) is 0 Å². The fraction of sp³-hybridized carbons (Fsp3) is 0.304. The lowest BCUT2D eigenvalue weighted by atomic mass is 10.1. The minimum atomic E-state index is -3.19. The molecule has 9 heteroatoms. The third-order valence-electron chi connectivity index (χ3n) is 5.38. The van der Waals surface area contributed by atoms with E-state index in [1.807, 2.05) is 30.3 Å². The average Bonchev–Trinajstić information content (AvgIpc) is 2.79. The molecule has 2 heterocycles. The van der Waals surface area contributed by atoms with E-state index in [0.717, 1.165) is 16.6 Å². The van der Waals surface area contributed by atoms with Crippen molar-refractivity contribution in [2.24, 2.45) is 0 Å². The molecule has 1 aliphatic rings. The van der Waals surface area contributed by atoms with Gasteiger partial charge < -0.3 is 14.8 Å². The topological polar surface area (TPSA) is 93.7 Å². The Balaban J connectivity index is 1.62. The van der Waals surface area contributed by atoms with Crippen molar-refractivity contribution in [2.75, 3.05) is 31.8 Å². The van der Waals surface area contributed by atoms with Crippen LogP contribution in [0.5, 0.6) is 11.5 Å². The number of nitrogens with one attached hydrogen (secondary N) is 1. The highest BCUT2D eigenvalue weighted by Crippen LogP contribution is 2.36. The van der Waals surface area contributed by atoms with Crippen LogP contribution in [0.15, 0.2) is 42.7 Å². The van der Waals surface area contributed by atoms with Crippen LogP contribution >= 0.6 is 0 Å². The van der Waals surface area contributed by atoms with Gasteiger partial charge in [0, 0.05) is 35.8 Å². The molecule has 0 unspecified atom stereocenters. The molecular formula is C23H24N4O4S. The third-order valence-corrected chi connectivity index (χ3v) is 6.68. The van der Waals surface area contributed by atoms with Gasteiger partial charge in [0.15, 0.2) is 11.5 Å². The standard InChI is InChI=1S/C23H24N4O4S/c1-4-16-6-5-7-17(12-16)26-23-19-13-22(21(30-2)14-20(19)24-15-25-23)31-18-8-10-27(11-9-18)32(3,28)29/h1,5-7,12-15,18H,8-11H2,2-3H3,(H,24,25,26). The normalized spacial score (nSPS) is 15.3. The summed E-state index contributed by atoms with van der Waals surface area (Å²) >= 11 is 0. The van der Waals surface area contributed by atoms with Gasteiger partial charge in [-0.1, -0.05) is 12.0 Å². The largest absolute Gasteiger partial charge is 0.493 e. The summed E-state index contributed by atoms with van der Waals surface area (Å²) in [4.78, 5) is 8.75. The molecule has 1 aliphatic heterocycles. The zero-order chi connectivity index (χ0) is 22.7. The number of nitrogens with zero attached hydrogens (tertiary/aromatic N) is 3. The highest BCUT2D eigenvalue weighted by Gasteiger charge is 2.27. The van der Waals surface area contributed by atoms with E-state index in [-0.39, 0.29) is 6.10 Å². The first-order chi connectivity index (χ1) is 15.4. The van der Waals surface area contributed by atoms with Gasteiger partial charge in [0.2, 0.25) is 10.0 Å². The number of hydrogen-bond acceptors (Lipinski definition) is 7. The first kappa shape index (κ1) is 21.9. The number of piperidine rings is 1. The lowest BCUT2D eigenvalue weighted by Gasteiger charge is -2.30. The highest BCUT2D eigenvalue weighted by molar-refractivity contribution is 7.88. The van der Waals surface area contributed by atoms with Gasteiger partial charge in [-0.2, -0.15) is 0 Å². The van der Waals surface area contributed by atoms with E-state index < -0.39 is 10.0 Å². The molecule has 32 heavy (non-hydrogen) atoms. The molecule has 3 aromatic rings. The van der Waals surface area contributed by atoms with E-state index in [4.69, 9.17) is 15.9 Å². The van der Waals surface area contributed by atoms with Crippen molar-refractivity contribution in [3.8, 4) is 23.8 Å². The average molecular weight is 453 g/mol. The minimum Gasteiger partial charge on any atom is -0.493 e. The van der Waals surface area contributed by atoms with E-state index in [9.17, 15) is 8.42 Å². The summed E-state index contributed by atoms with van der Waals surface area (Å²) in [6, 6.07) is 11.2. The van der Waals surface area contributed by atoms with E-state index >= 15 is 0 Å². The Morgan fingerprint density at radius 1 is 1.16 bits per heavy atom. The number of rotatable bonds is 6.